The molecule has 0 radical (unpaired) electrons. The second kappa shape index (κ2) is 11.0. The molecule has 7 heteroatoms. The monoisotopic (exact) mass is 485 g/mol. The van der Waals surface area contributed by atoms with Crippen molar-refractivity contribution in [1.29, 1.82) is 0 Å². The van der Waals surface area contributed by atoms with Crippen LogP contribution in [0.2, 0.25) is 0 Å². The lowest BCUT2D eigenvalue weighted by Gasteiger charge is -2.35. The van der Waals surface area contributed by atoms with Gasteiger partial charge in [-0.05, 0) is 48.9 Å². The second-order valence-electron chi connectivity index (χ2n) is 10.0. The smallest absolute Gasteiger partial charge is 0.269 e. The van der Waals surface area contributed by atoms with Crippen molar-refractivity contribution in [3.63, 3.8) is 0 Å². The van der Waals surface area contributed by atoms with Crippen LogP contribution in [-0.4, -0.2) is 53.8 Å². The third kappa shape index (κ3) is 5.61. The molecule has 2 fully saturated rings. The Morgan fingerprint density at radius 1 is 0.917 bits per heavy atom. The lowest BCUT2D eigenvalue weighted by molar-refractivity contribution is -0.135. The Morgan fingerprint density at radius 2 is 1.64 bits per heavy atom. The molecule has 1 aromatic heterocycles. The first kappa shape index (κ1) is 24.1. The van der Waals surface area contributed by atoms with Crippen LogP contribution in [0.1, 0.15) is 36.8 Å². The van der Waals surface area contributed by atoms with E-state index in [1.165, 1.54) is 23.2 Å². The SMILES string of the molecule is CN(Cc1ccc(N2CCCC2)cc1)C(=O)C1CCCN(c2cnn(Cc3ccccc3)c(=O)c2)C1. The molecule has 7 nitrogen and oxygen atoms in total. The van der Waals surface area contributed by atoms with Gasteiger partial charge in [0.25, 0.3) is 5.56 Å². The van der Waals surface area contributed by atoms with Crippen LogP contribution in [-0.2, 0) is 17.9 Å². The predicted octanol–water partition coefficient (Wildman–Crippen LogP) is 3.77. The number of carbonyl (C=O) groups is 1. The van der Waals surface area contributed by atoms with E-state index in [0.717, 1.165) is 49.3 Å². The number of anilines is 2. The highest BCUT2D eigenvalue weighted by Crippen LogP contribution is 2.24. The average Bonchev–Trinajstić information content (AvgIpc) is 3.46. The number of carbonyl (C=O) groups excluding carboxylic acids is 1. The van der Waals surface area contributed by atoms with Crippen LogP contribution >= 0.6 is 0 Å². The molecule has 0 N–H and O–H groups in total. The first-order valence-corrected chi connectivity index (χ1v) is 13.0. The van der Waals surface area contributed by atoms with Crippen molar-refractivity contribution in [2.45, 2.75) is 38.8 Å². The fraction of sp³-hybridized carbons (Fsp3) is 0.414. The van der Waals surface area contributed by atoms with E-state index in [1.54, 1.807) is 12.3 Å². The summed E-state index contributed by atoms with van der Waals surface area (Å²) in [4.78, 5) is 32.4. The summed E-state index contributed by atoms with van der Waals surface area (Å²) in [5.41, 5.74) is 4.12. The van der Waals surface area contributed by atoms with E-state index >= 15 is 0 Å². The van der Waals surface area contributed by atoms with E-state index in [0.29, 0.717) is 19.6 Å². The van der Waals surface area contributed by atoms with Gasteiger partial charge in [0, 0.05) is 51.5 Å². The molecular weight excluding hydrogens is 450 g/mol. The van der Waals surface area contributed by atoms with Crippen LogP contribution in [0.3, 0.4) is 0 Å². The van der Waals surface area contributed by atoms with Crippen molar-refractivity contribution in [1.82, 2.24) is 14.7 Å². The fourth-order valence-electron chi connectivity index (χ4n) is 5.34. The number of hydrogen-bond donors (Lipinski definition) is 0. The number of benzene rings is 2. The van der Waals surface area contributed by atoms with Crippen LogP contribution in [0, 0.1) is 5.92 Å². The zero-order chi connectivity index (χ0) is 24.9. The molecule has 1 atom stereocenters. The summed E-state index contributed by atoms with van der Waals surface area (Å²) in [6, 6.07) is 20.1. The quantitative estimate of drug-likeness (QED) is 0.510. The standard InChI is InChI=1S/C29H35N5O2/c1-31(20-24-11-13-26(14-12-24)32-15-5-6-16-32)29(36)25-10-7-17-33(22-25)27-18-28(35)34(30-19-27)21-23-8-3-2-4-9-23/h2-4,8-9,11-14,18-19,25H,5-7,10,15-17,20-22H2,1H3. The van der Waals surface area contributed by atoms with Gasteiger partial charge in [-0.2, -0.15) is 5.10 Å². The highest BCUT2D eigenvalue weighted by Gasteiger charge is 2.28. The van der Waals surface area contributed by atoms with Crippen molar-refractivity contribution in [2.24, 2.45) is 5.92 Å². The Hall–Kier alpha value is -3.61. The van der Waals surface area contributed by atoms with Crippen molar-refractivity contribution in [3.8, 4) is 0 Å². The number of rotatable bonds is 7. The highest BCUT2D eigenvalue weighted by atomic mass is 16.2. The first-order chi connectivity index (χ1) is 17.6. The summed E-state index contributed by atoms with van der Waals surface area (Å²) >= 11 is 0. The van der Waals surface area contributed by atoms with Crippen molar-refractivity contribution in [3.05, 3.63) is 88.3 Å². The van der Waals surface area contributed by atoms with Gasteiger partial charge in [-0.15, -0.1) is 0 Å². The Labute approximate surface area is 212 Å². The van der Waals surface area contributed by atoms with E-state index in [-0.39, 0.29) is 17.4 Å². The summed E-state index contributed by atoms with van der Waals surface area (Å²) in [6.45, 7) is 4.76. The molecule has 2 aliphatic heterocycles. The van der Waals surface area contributed by atoms with Crippen molar-refractivity contribution < 1.29 is 4.79 Å². The molecule has 0 saturated carbocycles. The highest BCUT2D eigenvalue weighted by molar-refractivity contribution is 5.79. The van der Waals surface area contributed by atoms with Crippen LogP contribution in [0.25, 0.3) is 0 Å². The second-order valence-corrected chi connectivity index (χ2v) is 10.0. The topological polar surface area (TPSA) is 61.7 Å². The number of nitrogens with zero attached hydrogens (tertiary/aromatic N) is 5. The third-order valence-corrected chi connectivity index (χ3v) is 7.37. The zero-order valence-electron chi connectivity index (χ0n) is 21.1. The minimum Gasteiger partial charge on any atom is -0.372 e. The Balaban J connectivity index is 1.19. The summed E-state index contributed by atoms with van der Waals surface area (Å²) in [7, 11) is 1.89. The van der Waals surface area contributed by atoms with Gasteiger partial charge in [-0.1, -0.05) is 42.5 Å². The molecule has 1 amide bonds. The van der Waals surface area contributed by atoms with E-state index in [9.17, 15) is 9.59 Å². The molecule has 1 unspecified atom stereocenters. The molecular formula is C29H35N5O2. The lowest BCUT2D eigenvalue weighted by atomic mass is 9.96. The number of aromatic nitrogens is 2. The van der Waals surface area contributed by atoms with Gasteiger partial charge in [0.1, 0.15) is 0 Å². The molecule has 0 bridgehead atoms. The maximum absolute atomic E-state index is 13.3. The molecule has 2 aromatic carbocycles. The molecule has 3 aromatic rings. The molecule has 0 aliphatic carbocycles. The molecule has 36 heavy (non-hydrogen) atoms. The normalized spacial score (nSPS) is 17.9. The number of hydrogen-bond acceptors (Lipinski definition) is 5. The zero-order valence-corrected chi connectivity index (χ0v) is 21.1. The lowest BCUT2D eigenvalue weighted by Crippen LogP contribution is -2.44. The number of amides is 1. The van der Waals surface area contributed by atoms with Gasteiger partial charge >= 0.3 is 0 Å². The molecule has 2 aliphatic rings. The van der Waals surface area contributed by atoms with Gasteiger partial charge in [-0.3, -0.25) is 9.59 Å². The summed E-state index contributed by atoms with van der Waals surface area (Å²) in [5.74, 6) is 0.0769. The molecule has 0 spiro atoms. The van der Waals surface area contributed by atoms with E-state index in [4.69, 9.17) is 0 Å². The van der Waals surface area contributed by atoms with Crippen molar-refractivity contribution in [2.75, 3.05) is 43.0 Å². The minimum absolute atomic E-state index is 0.0839. The third-order valence-electron chi connectivity index (χ3n) is 7.37. The Bertz CT molecular complexity index is 1220. The minimum atomic E-state index is -0.126. The summed E-state index contributed by atoms with van der Waals surface area (Å²) in [6.07, 6.45) is 6.07. The van der Waals surface area contributed by atoms with Gasteiger partial charge < -0.3 is 14.7 Å². The van der Waals surface area contributed by atoms with Gasteiger partial charge in [-0.25, -0.2) is 4.68 Å². The fourth-order valence-corrected chi connectivity index (χ4v) is 5.34. The van der Waals surface area contributed by atoms with Gasteiger partial charge in [0.05, 0.1) is 24.3 Å². The molecule has 2 saturated heterocycles. The Kier molecular flexibility index (Phi) is 7.35. The molecule has 188 valence electrons. The average molecular weight is 486 g/mol. The van der Waals surface area contributed by atoms with Gasteiger partial charge in [0.15, 0.2) is 0 Å². The van der Waals surface area contributed by atoms with Crippen molar-refractivity contribution >= 4 is 17.3 Å². The molecule has 3 heterocycles. The van der Waals surface area contributed by atoms with E-state index < -0.39 is 0 Å². The molecule has 5 rings (SSSR count). The largest absolute Gasteiger partial charge is 0.372 e. The first-order valence-electron chi connectivity index (χ1n) is 13.0. The van der Waals surface area contributed by atoms with Crippen LogP contribution in [0.5, 0.6) is 0 Å². The van der Waals surface area contributed by atoms with Crippen LogP contribution in [0.4, 0.5) is 11.4 Å². The Morgan fingerprint density at radius 3 is 2.36 bits per heavy atom. The summed E-state index contributed by atoms with van der Waals surface area (Å²) in [5, 5.41) is 4.41. The predicted molar refractivity (Wildman–Crippen MR) is 143 cm³/mol. The van der Waals surface area contributed by atoms with E-state index in [2.05, 4.69) is 39.2 Å². The summed E-state index contributed by atoms with van der Waals surface area (Å²) < 4.78 is 1.48. The van der Waals surface area contributed by atoms with Gasteiger partial charge in [0.2, 0.25) is 5.91 Å². The van der Waals surface area contributed by atoms with E-state index in [1.807, 2.05) is 42.3 Å². The van der Waals surface area contributed by atoms with Crippen LogP contribution in [0.15, 0.2) is 71.7 Å². The maximum atomic E-state index is 13.3. The number of piperidine rings is 1. The maximum Gasteiger partial charge on any atom is 0.269 e. The van der Waals surface area contributed by atoms with Crippen LogP contribution < -0.4 is 15.4 Å².